The average molecular weight is 172 g/mol. The average Bonchev–Trinajstić information content (AvgIpc) is 1.86. The first-order valence-electron chi connectivity index (χ1n) is 3.82. The second kappa shape index (κ2) is 3.37. The van der Waals surface area contributed by atoms with Gasteiger partial charge in [-0.15, -0.1) is 6.58 Å². The lowest BCUT2D eigenvalue weighted by molar-refractivity contribution is -0.225. The maximum Gasteiger partial charge on any atom is 0.178 e. The minimum atomic E-state index is -2.00. The monoisotopic (exact) mass is 172 g/mol. The van der Waals surface area contributed by atoms with Crippen molar-refractivity contribution in [2.45, 2.75) is 33.0 Å². The molecule has 0 spiro atoms. The van der Waals surface area contributed by atoms with Gasteiger partial charge in [-0.25, -0.2) is 0 Å². The number of aliphatic hydroxyl groups is 2. The Morgan fingerprint density at radius 1 is 1.50 bits per heavy atom. The van der Waals surface area contributed by atoms with Crippen LogP contribution in [0, 0.1) is 5.41 Å². The van der Waals surface area contributed by atoms with E-state index in [0.29, 0.717) is 0 Å². The van der Waals surface area contributed by atoms with Crippen molar-refractivity contribution in [3.8, 4) is 0 Å². The molecule has 0 heterocycles. The number of ketones is 1. The van der Waals surface area contributed by atoms with Crippen molar-refractivity contribution in [3.63, 3.8) is 0 Å². The van der Waals surface area contributed by atoms with E-state index in [2.05, 4.69) is 6.58 Å². The summed E-state index contributed by atoms with van der Waals surface area (Å²) in [5.41, 5.74) is -1.15. The molecule has 0 aromatic rings. The summed E-state index contributed by atoms with van der Waals surface area (Å²) in [7, 11) is 0. The fourth-order valence-electron chi connectivity index (χ4n) is 0.738. The van der Waals surface area contributed by atoms with Crippen molar-refractivity contribution in [1.29, 1.82) is 0 Å². The van der Waals surface area contributed by atoms with Gasteiger partial charge >= 0.3 is 0 Å². The number of Topliss-reactive ketones (excluding diaryl/α,β-unsaturated/α-hetero) is 1. The summed E-state index contributed by atoms with van der Waals surface area (Å²) in [5, 5.41) is 19.0. The van der Waals surface area contributed by atoms with Crippen LogP contribution in [-0.2, 0) is 4.79 Å². The molecule has 0 aliphatic rings. The Labute approximate surface area is 72.7 Å². The zero-order valence-corrected chi connectivity index (χ0v) is 7.79. The molecule has 0 radical (unpaired) electrons. The minimum Gasteiger partial charge on any atom is -0.365 e. The number of carbonyl (C=O) groups excluding carboxylic acids is 1. The summed E-state index contributed by atoms with van der Waals surface area (Å²) in [4.78, 5) is 11.0. The van der Waals surface area contributed by atoms with Crippen molar-refractivity contribution < 1.29 is 15.0 Å². The second-order valence-electron chi connectivity index (χ2n) is 3.49. The lowest BCUT2D eigenvalue weighted by Crippen LogP contribution is -2.48. The molecule has 0 atom stereocenters. The first-order valence-corrected chi connectivity index (χ1v) is 3.82. The molecule has 0 aromatic heterocycles. The lowest BCUT2D eigenvalue weighted by atomic mass is 9.78. The SMILES string of the molecule is C=CCC(O)(O)C(C)(C)C(C)=O. The van der Waals surface area contributed by atoms with Crippen LogP contribution in [0.15, 0.2) is 12.7 Å². The van der Waals surface area contributed by atoms with Crippen LogP contribution in [0.1, 0.15) is 27.2 Å². The summed E-state index contributed by atoms with van der Waals surface area (Å²) in [6.45, 7) is 7.72. The number of hydrogen-bond acceptors (Lipinski definition) is 3. The molecule has 0 unspecified atom stereocenters. The summed E-state index contributed by atoms with van der Waals surface area (Å²) in [6.07, 6.45) is 1.37. The van der Waals surface area contributed by atoms with Gasteiger partial charge in [0, 0.05) is 6.42 Å². The summed E-state index contributed by atoms with van der Waals surface area (Å²) >= 11 is 0. The Bertz CT molecular complexity index is 192. The van der Waals surface area contributed by atoms with Gasteiger partial charge < -0.3 is 10.2 Å². The van der Waals surface area contributed by atoms with E-state index in [9.17, 15) is 15.0 Å². The van der Waals surface area contributed by atoms with Crippen LogP contribution >= 0.6 is 0 Å². The molecular weight excluding hydrogens is 156 g/mol. The third kappa shape index (κ3) is 1.93. The van der Waals surface area contributed by atoms with Gasteiger partial charge in [-0.2, -0.15) is 0 Å². The van der Waals surface area contributed by atoms with Gasteiger partial charge in [0.25, 0.3) is 0 Å². The van der Waals surface area contributed by atoms with E-state index in [-0.39, 0.29) is 12.2 Å². The molecule has 0 aliphatic heterocycles. The predicted molar refractivity (Wildman–Crippen MR) is 46.4 cm³/mol. The Morgan fingerprint density at radius 3 is 2.17 bits per heavy atom. The minimum absolute atomic E-state index is 0.0143. The molecule has 0 saturated heterocycles. The molecule has 0 rings (SSSR count). The van der Waals surface area contributed by atoms with Crippen LogP contribution < -0.4 is 0 Å². The quantitative estimate of drug-likeness (QED) is 0.488. The van der Waals surface area contributed by atoms with Crippen LogP contribution in [0.4, 0.5) is 0 Å². The van der Waals surface area contributed by atoms with Gasteiger partial charge in [0.1, 0.15) is 5.78 Å². The van der Waals surface area contributed by atoms with Crippen molar-refractivity contribution in [3.05, 3.63) is 12.7 Å². The van der Waals surface area contributed by atoms with Crippen molar-refractivity contribution in [2.24, 2.45) is 5.41 Å². The fourth-order valence-corrected chi connectivity index (χ4v) is 0.738. The molecule has 70 valence electrons. The van der Waals surface area contributed by atoms with E-state index >= 15 is 0 Å². The molecule has 0 aromatic carbocycles. The van der Waals surface area contributed by atoms with Crippen molar-refractivity contribution >= 4 is 5.78 Å². The zero-order chi connectivity index (χ0) is 9.99. The van der Waals surface area contributed by atoms with E-state index < -0.39 is 11.2 Å². The van der Waals surface area contributed by atoms with Crippen LogP contribution in [0.25, 0.3) is 0 Å². The van der Waals surface area contributed by atoms with Gasteiger partial charge in [0.2, 0.25) is 0 Å². The molecule has 0 fully saturated rings. The molecule has 3 nitrogen and oxygen atoms in total. The van der Waals surface area contributed by atoms with Gasteiger partial charge in [-0.1, -0.05) is 6.08 Å². The molecular formula is C9H16O3. The molecule has 2 N–H and O–H groups in total. The second-order valence-corrected chi connectivity index (χ2v) is 3.49. The highest BCUT2D eigenvalue weighted by atomic mass is 16.5. The summed E-state index contributed by atoms with van der Waals surface area (Å²) < 4.78 is 0. The number of hydrogen-bond donors (Lipinski definition) is 2. The van der Waals surface area contributed by atoms with Gasteiger partial charge in [0.05, 0.1) is 5.41 Å². The third-order valence-corrected chi connectivity index (χ3v) is 2.31. The van der Waals surface area contributed by atoms with E-state index in [1.54, 1.807) is 0 Å². The topological polar surface area (TPSA) is 57.5 Å². The van der Waals surface area contributed by atoms with Crippen molar-refractivity contribution in [2.75, 3.05) is 0 Å². The standard InChI is InChI=1S/C9H16O3/c1-5-6-9(11,12)8(3,4)7(2)10/h5,11-12H,1,6H2,2-4H3. The van der Waals surface area contributed by atoms with Crippen molar-refractivity contribution in [1.82, 2.24) is 0 Å². The molecule has 12 heavy (non-hydrogen) atoms. The summed E-state index contributed by atoms with van der Waals surface area (Å²) in [5.74, 6) is -2.25. The highest BCUT2D eigenvalue weighted by Crippen LogP contribution is 2.32. The molecule has 0 bridgehead atoms. The maximum atomic E-state index is 11.0. The molecule has 0 saturated carbocycles. The van der Waals surface area contributed by atoms with Crippen LogP contribution in [0.3, 0.4) is 0 Å². The van der Waals surface area contributed by atoms with Gasteiger partial charge in [-0.05, 0) is 20.8 Å². The predicted octanol–water partition coefficient (Wildman–Crippen LogP) is 0.859. The van der Waals surface area contributed by atoms with E-state index in [0.717, 1.165) is 0 Å². The molecule has 0 amide bonds. The Morgan fingerprint density at radius 2 is 1.92 bits per heavy atom. The Hall–Kier alpha value is -0.670. The van der Waals surface area contributed by atoms with Gasteiger partial charge in [0.15, 0.2) is 5.79 Å². The normalized spacial score (nSPS) is 12.8. The van der Waals surface area contributed by atoms with E-state index in [1.165, 1.54) is 26.8 Å². The van der Waals surface area contributed by atoms with Crippen LogP contribution in [0.5, 0.6) is 0 Å². The van der Waals surface area contributed by atoms with E-state index in [1.807, 2.05) is 0 Å². The first-order chi connectivity index (χ1) is 5.25. The zero-order valence-electron chi connectivity index (χ0n) is 7.79. The molecule has 3 heteroatoms. The third-order valence-electron chi connectivity index (χ3n) is 2.31. The van der Waals surface area contributed by atoms with Crippen LogP contribution in [-0.4, -0.2) is 21.8 Å². The maximum absolute atomic E-state index is 11.0. The lowest BCUT2D eigenvalue weighted by Gasteiger charge is -2.35. The Kier molecular flexibility index (Phi) is 3.18. The van der Waals surface area contributed by atoms with Gasteiger partial charge in [-0.3, -0.25) is 4.79 Å². The highest BCUT2D eigenvalue weighted by molar-refractivity contribution is 5.82. The Balaban J connectivity index is 4.73. The van der Waals surface area contributed by atoms with E-state index in [4.69, 9.17) is 0 Å². The smallest absolute Gasteiger partial charge is 0.178 e. The first kappa shape index (κ1) is 11.3. The largest absolute Gasteiger partial charge is 0.365 e. The number of rotatable bonds is 4. The molecule has 0 aliphatic carbocycles. The van der Waals surface area contributed by atoms with Crippen LogP contribution in [0.2, 0.25) is 0 Å². The summed E-state index contributed by atoms with van der Waals surface area (Å²) in [6, 6.07) is 0. The fraction of sp³-hybridized carbons (Fsp3) is 0.667. The number of carbonyl (C=O) groups is 1. The highest BCUT2D eigenvalue weighted by Gasteiger charge is 2.44.